The summed E-state index contributed by atoms with van der Waals surface area (Å²) in [5.74, 6) is -0.250. The van der Waals surface area contributed by atoms with Gasteiger partial charge in [-0.25, -0.2) is 9.67 Å². The van der Waals surface area contributed by atoms with E-state index in [4.69, 9.17) is 5.73 Å². The summed E-state index contributed by atoms with van der Waals surface area (Å²) in [5, 5.41) is 7.33. The van der Waals surface area contributed by atoms with Crippen molar-refractivity contribution in [2.45, 2.75) is 51.4 Å². The summed E-state index contributed by atoms with van der Waals surface area (Å²) in [6.45, 7) is 8.39. The molecule has 0 unspecified atom stereocenters. The van der Waals surface area contributed by atoms with Crippen LogP contribution in [0.2, 0.25) is 0 Å². The van der Waals surface area contributed by atoms with E-state index in [1.807, 2.05) is 11.6 Å². The molecule has 0 radical (unpaired) electrons. The Balaban J connectivity index is 2.00. The van der Waals surface area contributed by atoms with Crippen molar-refractivity contribution < 1.29 is 4.79 Å². The average molecular weight is 304 g/mol. The summed E-state index contributed by atoms with van der Waals surface area (Å²) in [6.07, 6.45) is 3.41. The Morgan fingerprint density at radius 2 is 2.10 bits per heavy atom. The molecule has 0 atom stereocenters. The van der Waals surface area contributed by atoms with Crippen LogP contribution in [-0.4, -0.2) is 20.7 Å². The smallest absolute Gasteiger partial charge is 0.228 e. The number of aromatic nitrogens is 3. The van der Waals surface area contributed by atoms with E-state index >= 15 is 0 Å². The summed E-state index contributed by atoms with van der Waals surface area (Å²) < 4.78 is 1.82. The molecular weight excluding hydrogens is 284 g/mol. The largest absolute Gasteiger partial charge is 0.369 e. The predicted octanol–water partition coefficient (Wildman–Crippen LogP) is 2.45. The normalized spacial score (nSPS) is 17.0. The summed E-state index contributed by atoms with van der Waals surface area (Å²) in [4.78, 5) is 16.4. The zero-order valence-corrected chi connectivity index (χ0v) is 13.6. The molecule has 5 nitrogen and oxygen atoms in total. The third-order valence-corrected chi connectivity index (χ3v) is 5.00. The molecule has 2 heterocycles. The molecule has 2 aromatic rings. The molecule has 112 valence electrons. The summed E-state index contributed by atoms with van der Waals surface area (Å²) in [5.41, 5.74) is 8.03. The van der Waals surface area contributed by atoms with Crippen molar-refractivity contribution in [2.75, 3.05) is 0 Å². The van der Waals surface area contributed by atoms with Crippen LogP contribution in [0.15, 0.2) is 11.6 Å². The van der Waals surface area contributed by atoms with Crippen molar-refractivity contribution >= 4 is 17.2 Å². The lowest BCUT2D eigenvalue weighted by Gasteiger charge is -2.14. The standard InChI is InChI=1S/C15H20N4OS/c1-9-10(15(5-6-15)12(16)20)7-17-19(9)13-18-11(8-21-13)14(2,3)4/h7-8H,5-6H2,1-4H3,(H2,16,20). The number of amides is 1. The van der Waals surface area contributed by atoms with Crippen molar-refractivity contribution in [2.24, 2.45) is 5.73 Å². The molecule has 0 saturated heterocycles. The highest BCUT2D eigenvalue weighted by Crippen LogP contribution is 2.49. The molecule has 0 bridgehead atoms. The molecule has 1 aliphatic rings. The number of primary amides is 1. The van der Waals surface area contributed by atoms with Crippen molar-refractivity contribution in [3.63, 3.8) is 0 Å². The molecule has 1 fully saturated rings. The molecule has 21 heavy (non-hydrogen) atoms. The van der Waals surface area contributed by atoms with Gasteiger partial charge in [-0.3, -0.25) is 4.79 Å². The molecule has 0 spiro atoms. The Hall–Kier alpha value is -1.69. The number of thiazole rings is 1. The average Bonchev–Trinajstić information content (AvgIpc) is 2.87. The monoisotopic (exact) mass is 304 g/mol. The van der Waals surface area contributed by atoms with Crippen LogP contribution in [0.1, 0.15) is 50.6 Å². The van der Waals surface area contributed by atoms with Crippen LogP contribution in [0.25, 0.3) is 5.13 Å². The molecule has 1 amide bonds. The second-order valence-electron chi connectivity index (χ2n) is 6.77. The Morgan fingerprint density at radius 3 is 2.57 bits per heavy atom. The van der Waals surface area contributed by atoms with Gasteiger partial charge in [-0.15, -0.1) is 11.3 Å². The Bertz CT molecular complexity index is 704. The Labute approximate surface area is 128 Å². The lowest BCUT2D eigenvalue weighted by Crippen LogP contribution is -2.28. The minimum Gasteiger partial charge on any atom is -0.369 e. The fraction of sp³-hybridized carbons (Fsp3) is 0.533. The first-order valence-corrected chi connectivity index (χ1v) is 7.95. The van der Waals surface area contributed by atoms with Gasteiger partial charge in [0.15, 0.2) is 0 Å². The first-order valence-electron chi connectivity index (χ1n) is 7.07. The van der Waals surface area contributed by atoms with Gasteiger partial charge in [0, 0.05) is 22.1 Å². The van der Waals surface area contributed by atoms with Crippen LogP contribution in [0, 0.1) is 6.92 Å². The Morgan fingerprint density at radius 1 is 1.43 bits per heavy atom. The van der Waals surface area contributed by atoms with Gasteiger partial charge in [0.2, 0.25) is 11.0 Å². The zero-order chi connectivity index (χ0) is 15.4. The van der Waals surface area contributed by atoms with Gasteiger partial charge >= 0.3 is 0 Å². The van der Waals surface area contributed by atoms with Crippen molar-refractivity contribution in [3.05, 3.63) is 28.5 Å². The maximum atomic E-state index is 11.7. The number of hydrogen-bond acceptors (Lipinski definition) is 4. The third-order valence-electron chi connectivity index (χ3n) is 4.19. The first-order chi connectivity index (χ1) is 9.75. The molecule has 2 aromatic heterocycles. The Kier molecular flexibility index (Phi) is 2.99. The summed E-state index contributed by atoms with van der Waals surface area (Å²) in [7, 11) is 0. The minimum atomic E-state index is -0.494. The molecule has 0 aromatic carbocycles. The first kappa shape index (κ1) is 14.3. The number of nitrogens with zero attached hydrogens (tertiary/aromatic N) is 3. The van der Waals surface area contributed by atoms with E-state index in [2.05, 4.69) is 36.2 Å². The van der Waals surface area contributed by atoms with E-state index in [-0.39, 0.29) is 11.3 Å². The fourth-order valence-corrected chi connectivity index (χ4v) is 3.61. The molecule has 1 aliphatic carbocycles. The van der Waals surface area contributed by atoms with Crippen LogP contribution >= 0.6 is 11.3 Å². The quantitative estimate of drug-likeness (QED) is 0.946. The topological polar surface area (TPSA) is 73.8 Å². The molecule has 2 N–H and O–H groups in total. The van der Waals surface area contributed by atoms with Crippen LogP contribution in [0.4, 0.5) is 0 Å². The summed E-state index contributed by atoms with van der Waals surface area (Å²) >= 11 is 1.57. The fourth-order valence-electron chi connectivity index (χ4n) is 2.55. The molecule has 6 heteroatoms. The maximum Gasteiger partial charge on any atom is 0.228 e. The van der Waals surface area contributed by atoms with Crippen LogP contribution in [-0.2, 0) is 15.6 Å². The predicted molar refractivity (Wildman–Crippen MR) is 82.8 cm³/mol. The van der Waals surface area contributed by atoms with E-state index in [1.54, 1.807) is 17.5 Å². The van der Waals surface area contributed by atoms with Gasteiger partial charge in [-0.05, 0) is 19.8 Å². The molecular formula is C15H20N4OS. The second kappa shape index (κ2) is 4.40. The molecule has 3 rings (SSSR count). The lowest BCUT2D eigenvalue weighted by molar-refractivity contribution is -0.120. The SMILES string of the molecule is Cc1c(C2(C(N)=O)CC2)cnn1-c1nc(C(C)(C)C)cs1. The highest BCUT2D eigenvalue weighted by atomic mass is 32.1. The zero-order valence-electron chi connectivity index (χ0n) is 12.8. The van der Waals surface area contributed by atoms with Gasteiger partial charge in [0.25, 0.3) is 0 Å². The molecule has 0 aliphatic heterocycles. The van der Waals surface area contributed by atoms with Crippen molar-refractivity contribution in [3.8, 4) is 5.13 Å². The number of rotatable bonds is 3. The van der Waals surface area contributed by atoms with E-state index < -0.39 is 5.41 Å². The molecule has 1 saturated carbocycles. The highest BCUT2D eigenvalue weighted by Gasteiger charge is 2.52. The van der Waals surface area contributed by atoms with E-state index in [9.17, 15) is 4.79 Å². The number of nitrogens with two attached hydrogens (primary N) is 1. The van der Waals surface area contributed by atoms with E-state index in [1.165, 1.54) is 0 Å². The number of hydrogen-bond donors (Lipinski definition) is 1. The van der Waals surface area contributed by atoms with Gasteiger partial charge in [-0.1, -0.05) is 20.8 Å². The van der Waals surface area contributed by atoms with Crippen LogP contribution < -0.4 is 5.73 Å². The van der Waals surface area contributed by atoms with E-state index in [0.29, 0.717) is 0 Å². The van der Waals surface area contributed by atoms with Crippen molar-refractivity contribution in [1.29, 1.82) is 0 Å². The second-order valence-corrected chi connectivity index (χ2v) is 7.60. The summed E-state index contributed by atoms with van der Waals surface area (Å²) in [6, 6.07) is 0. The number of carbonyl (C=O) groups excluding carboxylic acids is 1. The van der Waals surface area contributed by atoms with E-state index in [0.717, 1.165) is 34.9 Å². The van der Waals surface area contributed by atoms with Crippen molar-refractivity contribution in [1.82, 2.24) is 14.8 Å². The van der Waals surface area contributed by atoms with Gasteiger partial charge in [0.05, 0.1) is 17.3 Å². The van der Waals surface area contributed by atoms with Gasteiger partial charge < -0.3 is 5.73 Å². The minimum absolute atomic E-state index is 0.0174. The van der Waals surface area contributed by atoms with Gasteiger partial charge in [-0.2, -0.15) is 5.10 Å². The lowest BCUT2D eigenvalue weighted by atomic mass is 9.93. The van der Waals surface area contributed by atoms with Gasteiger partial charge in [0.1, 0.15) is 0 Å². The number of carbonyl (C=O) groups is 1. The third kappa shape index (κ3) is 2.18. The van der Waals surface area contributed by atoms with Crippen LogP contribution in [0.3, 0.4) is 0 Å². The highest BCUT2D eigenvalue weighted by molar-refractivity contribution is 7.12. The maximum absolute atomic E-state index is 11.7. The van der Waals surface area contributed by atoms with Crippen LogP contribution in [0.5, 0.6) is 0 Å².